The molecule has 0 aliphatic rings. The SMILES string of the molecule is C=C(OCC)c1nn(CC(C)=O)c2ccc(C(=O)OC)cc12. The van der Waals surface area contributed by atoms with Crippen molar-refractivity contribution in [3.05, 3.63) is 36.0 Å². The molecule has 22 heavy (non-hydrogen) atoms. The summed E-state index contributed by atoms with van der Waals surface area (Å²) in [6, 6.07) is 5.05. The van der Waals surface area contributed by atoms with Crippen LogP contribution in [0.5, 0.6) is 0 Å². The van der Waals surface area contributed by atoms with Gasteiger partial charge in [0.1, 0.15) is 11.5 Å². The van der Waals surface area contributed by atoms with Crippen LogP contribution in [-0.4, -0.2) is 35.2 Å². The number of fused-ring (bicyclic) bond motifs is 1. The Balaban J connectivity index is 2.62. The maximum absolute atomic E-state index is 11.7. The Morgan fingerprint density at radius 2 is 2.09 bits per heavy atom. The van der Waals surface area contributed by atoms with Gasteiger partial charge in [0.25, 0.3) is 0 Å². The van der Waals surface area contributed by atoms with E-state index in [9.17, 15) is 9.59 Å². The summed E-state index contributed by atoms with van der Waals surface area (Å²) in [7, 11) is 1.33. The zero-order chi connectivity index (χ0) is 16.3. The summed E-state index contributed by atoms with van der Waals surface area (Å²) in [5.41, 5.74) is 1.66. The molecule has 0 N–H and O–H groups in total. The standard InChI is InChI=1S/C16H18N2O4/c1-5-22-11(3)15-13-8-12(16(20)21-4)6-7-14(13)18(17-15)9-10(2)19/h6-8H,3,5,9H2,1-2,4H3. The molecule has 6 nitrogen and oxygen atoms in total. The smallest absolute Gasteiger partial charge is 0.337 e. The molecule has 0 aliphatic carbocycles. The molecule has 0 unspecified atom stereocenters. The number of carbonyl (C=O) groups is 2. The van der Waals surface area contributed by atoms with E-state index in [2.05, 4.69) is 11.7 Å². The predicted octanol–water partition coefficient (Wildman–Crippen LogP) is 2.42. The van der Waals surface area contributed by atoms with Gasteiger partial charge < -0.3 is 9.47 Å². The van der Waals surface area contributed by atoms with Crippen molar-refractivity contribution in [2.45, 2.75) is 20.4 Å². The lowest BCUT2D eigenvalue weighted by atomic mass is 10.1. The summed E-state index contributed by atoms with van der Waals surface area (Å²) in [5, 5.41) is 5.09. The molecule has 0 amide bonds. The Hall–Kier alpha value is -2.63. The van der Waals surface area contributed by atoms with E-state index in [0.29, 0.717) is 29.0 Å². The first-order chi connectivity index (χ1) is 10.5. The van der Waals surface area contributed by atoms with E-state index in [1.54, 1.807) is 22.9 Å². The number of nitrogens with zero attached hydrogens (tertiary/aromatic N) is 2. The number of hydrogen-bond acceptors (Lipinski definition) is 5. The van der Waals surface area contributed by atoms with Gasteiger partial charge in [-0.25, -0.2) is 4.79 Å². The molecule has 0 saturated heterocycles. The largest absolute Gasteiger partial charge is 0.492 e. The van der Waals surface area contributed by atoms with Crippen molar-refractivity contribution in [3.63, 3.8) is 0 Å². The molecule has 6 heteroatoms. The lowest BCUT2D eigenvalue weighted by Crippen LogP contribution is -2.08. The third-order valence-corrected chi connectivity index (χ3v) is 3.13. The number of methoxy groups -OCH3 is 1. The van der Waals surface area contributed by atoms with Crippen molar-refractivity contribution in [3.8, 4) is 0 Å². The highest BCUT2D eigenvalue weighted by atomic mass is 16.5. The molecule has 0 atom stereocenters. The van der Waals surface area contributed by atoms with Crippen molar-refractivity contribution in [2.24, 2.45) is 0 Å². The van der Waals surface area contributed by atoms with Crippen LogP contribution in [0, 0.1) is 0 Å². The first-order valence-electron chi connectivity index (χ1n) is 6.88. The first-order valence-corrected chi connectivity index (χ1v) is 6.88. The molecule has 116 valence electrons. The zero-order valence-electron chi connectivity index (χ0n) is 12.9. The van der Waals surface area contributed by atoms with Crippen LogP contribution in [0.3, 0.4) is 0 Å². The summed E-state index contributed by atoms with van der Waals surface area (Å²) in [6.45, 7) is 7.79. The number of Topliss-reactive ketones (excluding diaryl/α,β-unsaturated/α-hetero) is 1. The highest BCUT2D eigenvalue weighted by Crippen LogP contribution is 2.26. The number of rotatable bonds is 6. The fraction of sp³-hybridized carbons (Fsp3) is 0.312. The van der Waals surface area contributed by atoms with E-state index in [1.165, 1.54) is 14.0 Å². The molecule has 1 aromatic heterocycles. The molecule has 0 saturated carbocycles. The van der Waals surface area contributed by atoms with E-state index < -0.39 is 5.97 Å². The number of benzene rings is 1. The van der Waals surface area contributed by atoms with Gasteiger partial charge in [0, 0.05) is 5.39 Å². The van der Waals surface area contributed by atoms with Crippen molar-refractivity contribution in [1.82, 2.24) is 9.78 Å². The third kappa shape index (κ3) is 3.00. The Bertz CT molecular complexity index is 746. The molecular formula is C16H18N2O4. The van der Waals surface area contributed by atoms with Crippen molar-refractivity contribution in [2.75, 3.05) is 13.7 Å². The Kier molecular flexibility index (Phi) is 4.60. The number of esters is 1. The molecule has 1 heterocycles. The van der Waals surface area contributed by atoms with Crippen LogP contribution in [0.25, 0.3) is 16.7 Å². The van der Waals surface area contributed by atoms with Crippen LogP contribution >= 0.6 is 0 Å². The van der Waals surface area contributed by atoms with Gasteiger partial charge in [0.05, 0.1) is 31.3 Å². The minimum atomic E-state index is -0.436. The molecule has 0 bridgehead atoms. The zero-order valence-corrected chi connectivity index (χ0v) is 12.9. The van der Waals surface area contributed by atoms with Gasteiger partial charge in [-0.1, -0.05) is 6.58 Å². The second-order valence-corrected chi connectivity index (χ2v) is 4.79. The monoisotopic (exact) mass is 302 g/mol. The Labute approximate surface area is 128 Å². The Morgan fingerprint density at radius 3 is 2.68 bits per heavy atom. The summed E-state index contributed by atoms with van der Waals surface area (Å²) in [4.78, 5) is 23.1. The molecule has 2 aromatic rings. The van der Waals surface area contributed by atoms with Crippen LogP contribution in [0.15, 0.2) is 24.8 Å². The van der Waals surface area contributed by atoms with Gasteiger partial charge >= 0.3 is 5.97 Å². The average molecular weight is 302 g/mol. The molecule has 0 aliphatic heterocycles. The van der Waals surface area contributed by atoms with E-state index in [-0.39, 0.29) is 12.3 Å². The van der Waals surface area contributed by atoms with Crippen molar-refractivity contribution >= 4 is 28.4 Å². The molecular weight excluding hydrogens is 284 g/mol. The molecule has 2 rings (SSSR count). The summed E-state index contributed by atoms with van der Waals surface area (Å²) >= 11 is 0. The fourth-order valence-corrected chi connectivity index (χ4v) is 2.20. The average Bonchev–Trinajstić information content (AvgIpc) is 2.84. The van der Waals surface area contributed by atoms with Crippen LogP contribution in [0.4, 0.5) is 0 Å². The van der Waals surface area contributed by atoms with Crippen LogP contribution in [0.1, 0.15) is 29.9 Å². The maximum Gasteiger partial charge on any atom is 0.337 e. The maximum atomic E-state index is 11.7. The number of hydrogen-bond donors (Lipinski definition) is 0. The molecule has 0 spiro atoms. The van der Waals surface area contributed by atoms with Gasteiger partial charge in [-0.2, -0.15) is 5.10 Å². The van der Waals surface area contributed by atoms with Gasteiger partial charge in [-0.05, 0) is 32.0 Å². The predicted molar refractivity (Wildman–Crippen MR) is 82.4 cm³/mol. The molecule has 0 fully saturated rings. The first kappa shape index (κ1) is 15.8. The van der Waals surface area contributed by atoms with Crippen LogP contribution in [-0.2, 0) is 20.8 Å². The third-order valence-electron chi connectivity index (χ3n) is 3.13. The topological polar surface area (TPSA) is 70.4 Å². The van der Waals surface area contributed by atoms with Crippen molar-refractivity contribution in [1.29, 1.82) is 0 Å². The molecule has 0 radical (unpaired) electrons. The highest BCUT2D eigenvalue weighted by molar-refractivity contribution is 5.97. The van der Waals surface area contributed by atoms with E-state index in [4.69, 9.17) is 9.47 Å². The van der Waals surface area contributed by atoms with E-state index >= 15 is 0 Å². The second kappa shape index (κ2) is 6.43. The second-order valence-electron chi connectivity index (χ2n) is 4.79. The lowest BCUT2D eigenvalue weighted by Gasteiger charge is -2.04. The summed E-state index contributed by atoms with van der Waals surface area (Å²) in [5.74, 6) is -0.0546. The Morgan fingerprint density at radius 1 is 1.36 bits per heavy atom. The number of carbonyl (C=O) groups excluding carboxylic acids is 2. The summed E-state index contributed by atoms with van der Waals surface area (Å²) < 4.78 is 11.7. The van der Waals surface area contributed by atoms with Crippen molar-refractivity contribution < 1.29 is 19.1 Å². The van der Waals surface area contributed by atoms with Crippen LogP contribution in [0.2, 0.25) is 0 Å². The van der Waals surface area contributed by atoms with Gasteiger partial charge in [0.15, 0.2) is 5.78 Å². The van der Waals surface area contributed by atoms with Crippen LogP contribution < -0.4 is 0 Å². The van der Waals surface area contributed by atoms with E-state index in [0.717, 1.165) is 5.52 Å². The quantitative estimate of drug-likeness (QED) is 0.605. The number of ketones is 1. The number of ether oxygens (including phenoxy) is 2. The van der Waals surface area contributed by atoms with Gasteiger partial charge in [0.2, 0.25) is 0 Å². The normalized spacial score (nSPS) is 10.5. The minimum absolute atomic E-state index is 0.0185. The lowest BCUT2D eigenvalue weighted by molar-refractivity contribution is -0.117. The van der Waals surface area contributed by atoms with E-state index in [1.807, 2.05) is 6.92 Å². The minimum Gasteiger partial charge on any atom is -0.492 e. The van der Waals surface area contributed by atoms with Gasteiger partial charge in [-0.3, -0.25) is 9.48 Å². The van der Waals surface area contributed by atoms with Gasteiger partial charge in [-0.15, -0.1) is 0 Å². The molecule has 1 aromatic carbocycles. The fourth-order valence-electron chi connectivity index (χ4n) is 2.20. The summed E-state index contributed by atoms with van der Waals surface area (Å²) in [6.07, 6.45) is 0. The highest BCUT2D eigenvalue weighted by Gasteiger charge is 2.17. The number of aromatic nitrogens is 2.